The van der Waals surface area contributed by atoms with E-state index in [2.05, 4.69) is 20.8 Å². The molecule has 98 valence electrons. The third kappa shape index (κ3) is 3.89. The van der Waals surface area contributed by atoms with Gasteiger partial charge in [-0.05, 0) is 37.3 Å². The van der Waals surface area contributed by atoms with E-state index in [1.54, 1.807) is 18.3 Å². The number of hydrogen-bond donors (Lipinski definition) is 3. The highest BCUT2D eigenvalue weighted by Gasteiger charge is 2.02. The van der Waals surface area contributed by atoms with Crippen molar-refractivity contribution in [1.29, 1.82) is 0 Å². The third-order valence-corrected chi connectivity index (χ3v) is 2.77. The molecule has 2 rings (SSSR count). The maximum absolute atomic E-state index is 11.3. The van der Waals surface area contributed by atoms with Gasteiger partial charge in [0.05, 0.1) is 12.2 Å². The predicted molar refractivity (Wildman–Crippen MR) is 78.1 cm³/mol. The SMILES string of the molecule is CC(=O)c1cccc(NC(=S)NCc2ccn[nH]2)c1. The molecule has 19 heavy (non-hydrogen) atoms. The van der Waals surface area contributed by atoms with Crippen molar-refractivity contribution in [1.82, 2.24) is 15.5 Å². The molecule has 0 atom stereocenters. The number of carbonyl (C=O) groups excluding carboxylic acids is 1. The van der Waals surface area contributed by atoms with Gasteiger partial charge in [0.2, 0.25) is 0 Å². The summed E-state index contributed by atoms with van der Waals surface area (Å²) >= 11 is 5.18. The van der Waals surface area contributed by atoms with E-state index in [1.807, 2.05) is 18.2 Å². The molecule has 0 spiro atoms. The molecule has 0 aliphatic carbocycles. The van der Waals surface area contributed by atoms with Gasteiger partial charge in [-0.3, -0.25) is 9.89 Å². The number of Topliss-reactive ketones (excluding diaryl/α,β-unsaturated/α-hetero) is 1. The predicted octanol–water partition coefficient (Wildman–Crippen LogP) is 2.10. The van der Waals surface area contributed by atoms with E-state index in [-0.39, 0.29) is 5.78 Å². The first-order valence-corrected chi connectivity index (χ1v) is 6.20. The lowest BCUT2D eigenvalue weighted by Gasteiger charge is -2.10. The van der Waals surface area contributed by atoms with E-state index in [4.69, 9.17) is 12.2 Å². The molecule has 0 unspecified atom stereocenters. The van der Waals surface area contributed by atoms with Gasteiger partial charge in [0.25, 0.3) is 0 Å². The van der Waals surface area contributed by atoms with E-state index in [9.17, 15) is 4.79 Å². The van der Waals surface area contributed by atoms with Crippen molar-refractivity contribution in [2.24, 2.45) is 0 Å². The molecule has 0 saturated heterocycles. The molecule has 0 aliphatic rings. The summed E-state index contributed by atoms with van der Waals surface area (Å²) in [6.07, 6.45) is 1.68. The minimum Gasteiger partial charge on any atom is -0.357 e. The zero-order chi connectivity index (χ0) is 13.7. The van der Waals surface area contributed by atoms with Crippen molar-refractivity contribution < 1.29 is 4.79 Å². The maximum atomic E-state index is 11.3. The molecule has 0 aliphatic heterocycles. The second-order valence-corrected chi connectivity index (χ2v) is 4.43. The summed E-state index contributed by atoms with van der Waals surface area (Å²) in [6, 6.07) is 9.08. The number of thiocarbonyl (C=S) groups is 1. The number of aromatic nitrogens is 2. The van der Waals surface area contributed by atoms with Crippen molar-refractivity contribution in [3.05, 3.63) is 47.8 Å². The van der Waals surface area contributed by atoms with Gasteiger partial charge < -0.3 is 10.6 Å². The van der Waals surface area contributed by atoms with Crippen LogP contribution in [0.15, 0.2) is 36.5 Å². The monoisotopic (exact) mass is 274 g/mol. The van der Waals surface area contributed by atoms with Crippen molar-refractivity contribution in [2.75, 3.05) is 5.32 Å². The summed E-state index contributed by atoms with van der Waals surface area (Å²) in [4.78, 5) is 11.3. The number of hydrogen-bond acceptors (Lipinski definition) is 3. The molecule has 1 aromatic carbocycles. The van der Waals surface area contributed by atoms with Crippen LogP contribution in [0.3, 0.4) is 0 Å². The Morgan fingerprint density at radius 3 is 2.95 bits per heavy atom. The van der Waals surface area contributed by atoms with Crippen LogP contribution >= 0.6 is 12.2 Å². The average Bonchev–Trinajstić information content (AvgIpc) is 2.90. The number of aromatic amines is 1. The fourth-order valence-corrected chi connectivity index (χ4v) is 1.74. The van der Waals surface area contributed by atoms with Crippen LogP contribution in [0.5, 0.6) is 0 Å². The first-order valence-electron chi connectivity index (χ1n) is 5.79. The van der Waals surface area contributed by atoms with Crippen molar-refractivity contribution in [3.8, 4) is 0 Å². The fourth-order valence-electron chi connectivity index (χ4n) is 1.55. The number of rotatable bonds is 4. The van der Waals surface area contributed by atoms with Crippen LogP contribution in [0.1, 0.15) is 23.0 Å². The van der Waals surface area contributed by atoms with E-state index in [0.717, 1.165) is 11.4 Å². The number of ketones is 1. The molecule has 0 radical (unpaired) electrons. The highest BCUT2D eigenvalue weighted by atomic mass is 32.1. The van der Waals surface area contributed by atoms with Gasteiger partial charge in [-0.1, -0.05) is 12.1 Å². The Morgan fingerprint density at radius 1 is 1.42 bits per heavy atom. The number of anilines is 1. The second-order valence-electron chi connectivity index (χ2n) is 4.03. The zero-order valence-corrected chi connectivity index (χ0v) is 11.3. The van der Waals surface area contributed by atoms with Crippen LogP contribution in [0.4, 0.5) is 5.69 Å². The van der Waals surface area contributed by atoms with E-state index in [1.165, 1.54) is 6.92 Å². The van der Waals surface area contributed by atoms with Crippen LogP contribution in [0.2, 0.25) is 0 Å². The van der Waals surface area contributed by atoms with Gasteiger partial charge in [0.15, 0.2) is 10.9 Å². The largest absolute Gasteiger partial charge is 0.357 e. The first kappa shape index (κ1) is 13.2. The summed E-state index contributed by atoms with van der Waals surface area (Å²) in [5.41, 5.74) is 2.39. The zero-order valence-electron chi connectivity index (χ0n) is 10.4. The number of H-pyrrole nitrogens is 1. The minimum absolute atomic E-state index is 0.0278. The molecule has 0 fully saturated rings. The Kier molecular flexibility index (Phi) is 4.25. The molecule has 0 saturated carbocycles. The fraction of sp³-hybridized carbons (Fsp3) is 0.154. The Bertz CT molecular complexity index is 580. The molecule has 0 amide bonds. The maximum Gasteiger partial charge on any atom is 0.171 e. The Morgan fingerprint density at radius 2 is 2.26 bits per heavy atom. The number of nitrogens with zero attached hydrogens (tertiary/aromatic N) is 1. The highest BCUT2D eigenvalue weighted by Crippen LogP contribution is 2.11. The molecule has 3 N–H and O–H groups in total. The molecule has 0 bridgehead atoms. The molecular formula is C13H14N4OS. The topological polar surface area (TPSA) is 69.8 Å². The third-order valence-electron chi connectivity index (χ3n) is 2.52. The molecular weight excluding hydrogens is 260 g/mol. The van der Waals surface area contributed by atoms with Crippen molar-refractivity contribution >= 4 is 28.8 Å². The van der Waals surface area contributed by atoms with Crippen LogP contribution in [0, 0.1) is 0 Å². The van der Waals surface area contributed by atoms with Gasteiger partial charge in [0.1, 0.15) is 0 Å². The normalized spacial score (nSPS) is 9.95. The van der Waals surface area contributed by atoms with E-state index >= 15 is 0 Å². The first-order chi connectivity index (χ1) is 9.15. The van der Waals surface area contributed by atoms with Crippen LogP contribution in [-0.4, -0.2) is 21.1 Å². The molecule has 2 aromatic rings. The lowest BCUT2D eigenvalue weighted by Crippen LogP contribution is -2.28. The summed E-state index contributed by atoms with van der Waals surface area (Å²) in [6.45, 7) is 2.10. The molecule has 1 aromatic heterocycles. The molecule has 5 nitrogen and oxygen atoms in total. The van der Waals surface area contributed by atoms with E-state index in [0.29, 0.717) is 17.2 Å². The van der Waals surface area contributed by atoms with Crippen LogP contribution in [0.25, 0.3) is 0 Å². The highest BCUT2D eigenvalue weighted by molar-refractivity contribution is 7.80. The Labute approximate surface area is 116 Å². The van der Waals surface area contributed by atoms with Gasteiger partial charge in [0, 0.05) is 17.4 Å². The smallest absolute Gasteiger partial charge is 0.171 e. The summed E-state index contributed by atoms with van der Waals surface area (Å²) in [7, 11) is 0. The van der Waals surface area contributed by atoms with Gasteiger partial charge in [-0.15, -0.1) is 0 Å². The average molecular weight is 274 g/mol. The van der Waals surface area contributed by atoms with E-state index < -0.39 is 0 Å². The lowest BCUT2D eigenvalue weighted by molar-refractivity contribution is 0.101. The lowest BCUT2D eigenvalue weighted by atomic mass is 10.1. The Hall–Kier alpha value is -2.21. The summed E-state index contributed by atoms with van der Waals surface area (Å²) < 4.78 is 0. The van der Waals surface area contributed by atoms with Crippen molar-refractivity contribution in [2.45, 2.75) is 13.5 Å². The molecule has 6 heteroatoms. The number of nitrogens with one attached hydrogen (secondary N) is 3. The Balaban J connectivity index is 1.91. The summed E-state index contributed by atoms with van der Waals surface area (Å²) in [5, 5.41) is 13.3. The van der Waals surface area contributed by atoms with Crippen LogP contribution in [-0.2, 0) is 6.54 Å². The quantitative estimate of drug-likeness (QED) is 0.588. The second kappa shape index (κ2) is 6.10. The van der Waals surface area contributed by atoms with Gasteiger partial charge in [-0.25, -0.2) is 0 Å². The number of carbonyl (C=O) groups is 1. The van der Waals surface area contributed by atoms with Gasteiger partial charge in [-0.2, -0.15) is 5.10 Å². The standard InChI is InChI=1S/C13H14N4OS/c1-9(18)10-3-2-4-11(7-10)16-13(19)14-8-12-5-6-15-17-12/h2-7H,8H2,1H3,(H,15,17)(H2,14,16,19). The van der Waals surface area contributed by atoms with Crippen LogP contribution < -0.4 is 10.6 Å². The number of benzene rings is 1. The van der Waals surface area contributed by atoms with Gasteiger partial charge >= 0.3 is 0 Å². The summed E-state index contributed by atoms with van der Waals surface area (Å²) in [5.74, 6) is 0.0278. The molecule has 1 heterocycles. The van der Waals surface area contributed by atoms with Crippen molar-refractivity contribution in [3.63, 3.8) is 0 Å². The minimum atomic E-state index is 0.0278.